The monoisotopic (exact) mass is 418 g/mol. The number of carbonyl (C=O) groups is 1. The van der Waals surface area contributed by atoms with Crippen molar-refractivity contribution in [3.63, 3.8) is 0 Å². The maximum atomic E-state index is 12.2. The molecule has 2 rings (SSSR count). The first-order chi connectivity index (χ1) is 11.2. The second kappa shape index (κ2) is 7.92. The second-order valence-electron chi connectivity index (χ2n) is 6.00. The molecule has 0 aromatic heterocycles. The van der Waals surface area contributed by atoms with Gasteiger partial charge in [0.1, 0.15) is 0 Å². The minimum absolute atomic E-state index is 0.108. The Labute approximate surface area is 151 Å². The quantitative estimate of drug-likeness (QED) is 0.777. The zero-order valence-corrected chi connectivity index (χ0v) is 16.5. The van der Waals surface area contributed by atoms with Gasteiger partial charge in [0.25, 0.3) is 10.2 Å². The van der Waals surface area contributed by atoms with Crippen molar-refractivity contribution in [3.05, 3.63) is 28.2 Å². The highest BCUT2D eigenvalue weighted by molar-refractivity contribution is 9.10. The number of rotatable bonds is 5. The molecule has 1 aromatic rings. The maximum Gasteiger partial charge on any atom is 0.281 e. The van der Waals surface area contributed by atoms with Gasteiger partial charge >= 0.3 is 0 Å². The molecule has 1 aromatic carbocycles. The molecule has 0 atom stereocenters. The van der Waals surface area contributed by atoms with Crippen molar-refractivity contribution in [2.45, 2.75) is 6.92 Å². The highest BCUT2D eigenvalue weighted by Crippen LogP contribution is 2.23. The lowest BCUT2D eigenvalue weighted by Crippen LogP contribution is -2.52. The molecule has 1 saturated heterocycles. The van der Waals surface area contributed by atoms with Crippen LogP contribution in [0.3, 0.4) is 0 Å². The molecule has 9 heteroatoms. The fourth-order valence-electron chi connectivity index (χ4n) is 2.46. The summed E-state index contributed by atoms with van der Waals surface area (Å²) in [5.41, 5.74) is 1.84. The van der Waals surface area contributed by atoms with Crippen LogP contribution >= 0.6 is 15.9 Å². The maximum absolute atomic E-state index is 12.2. The van der Waals surface area contributed by atoms with E-state index >= 15 is 0 Å². The minimum atomic E-state index is -3.38. The number of halogens is 1. The van der Waals surface area contributed by atoms with Crippen molar-refractivity contribution in [2.75, 3.05) is 52.1 Å². The van der Waals surface area contributed by atoms with Gasteiger partial charge in [-0.1, -0.05) is 6.07 Å². The molecule has 0 saturated carbocycles. The van der Waals surface area contributed by atoms with E-state index in [9.17, 15) is 13.2 Å². The number of carbonyl (C=O) groups excluding carboxylic acids is 1. The Morgan fingerprint density at radius 2 is 1.88 bits per heavy atom. The Kier molecular flexibility index (Phi) is 6.38. The molecular formula is C15H23BrN4O3S. The average Bonchev–Trinajstić information content (AvgIpc) is 2.50. The lowest BCUT2D eigenvalue weighted by atomic mass is 10.2. The van der Waals surface area contributed by atoms with Crippen molar-refractivity contribution < 1.29 is 13.2 Å². The molecule has 0 aliphatic carbocycles. The van der Waals surface area contributed by atoms with Gasteiger partial charge in [0.15, 0.2) is 0 Å². The number of aryl methyl sites for hydroxylation is 1. The summed E-state index contributed by atoms with van der Waals surface area (Å²) in [5.74, 6) is -0.108. The molecule has 1 aliphatic rings. The molecule has 1 fully saturated rings. The van der Waals surface area contributed by atoms with E-state index in [0.29, 0.717) is 26.2 Å². The van der Waals surface area contributed by atoms with Crippen molar-refractivity contribution >= 4 is 37.7 Å². The normalized spacial score (nSPS) is 17.2. The van der Waals surface area contributed by atoms with E-state index in [-0.39, 0.29) is 12.5 Å². The van der Waals surface area contributed by atoms with Crippen LogP contribution in [-0.4, -0.2) is 74.7 Å². The smallest absolute Gasteiger partial charge is 0.281 e. The Hall–Kier alpha value is -1.00. The lowest BCUT2D eigenvalue weighted by molar-refractivity contribution is -0.117. The van der Waals surface area contributed by atoms with Gasteiger partial charge in [-0.05, 0) is 40.5 Å². The fourth-order valence-corrected chi connectivity index (χ4v) is 4.14. The SMILES string of the molecule is Cc1ccc(NC(=O)CN2CCN(S(=O)(=O)N(C)C)CC2)c(Br)c1. The third-order valence-electron chi connectivity index (χ3n) is 3.88. The van der Waals surface area contributed by atoms with Crippen LogP contribution in [0.25, 0.3) is 0 Å². The van der Waals surface area contributed by atoms with Crippen LogP contribution in [0.4, 0.5) is 5.69 Å². The largest absolute Gasteiger partial charge is 0.324 e. The van der Waals surface area contributed by atoms with Crippen LogP contribution in [0.2, 0.25) is 0 Å². The van der Waals surface area contributed by atoms with Crippen molar-refractivity contribution in [1.82, 2.24) is 13.5 Å². The molecule has 1 N–H and O–H groups in total. The van der Waals surface area contributed by atoms with Gasteiger partial charge in [0.05, 0.1) is 12.2 Å². The first-order valence-corrected chi connectivity index (χ1v) is 9.85. The molecule has 1 amide bonds. The van der Waals surface area contributed by atoms with E-state index in [1.165, 1.54) is 22.7 Å². The number of piperazine rings is 1. The number of benzene rings is 1. The molecule has 0 unspecified atom stereocenters. The van der Waals surface area contributed by atoms with Crippen LogP contribution in [0.5, 0.6) is 0 Å². The summed E-state index contributed by atoms with van der Waals surface area (Å²) in [6.45, 7) is 4.09. The van der Waals surface area contributed by atoms with Crippen molar-refractivity contribution in [2.24, 2.45) is 0 Å². The Morgan fingerprint density at radius 1 is 1.25 bits per heavy atom. The van der Waals surface area contributed by atoms with E-state index in [4.69, 9.17) is 0 Å². The first-order valence-electron chi connectivity index (χ1n) is 7.66. The molecule has 0 radical (unpaired) electrons. The number of amides is 1. The van der Waals surface area contributed by atoms with E-state index < -0.39 is 10.2 Å². The van der Waals surface area contributed by atoms with Gasteiger partial charge in [0, 0.05) is 44.7 Å². The molecule has 1 heterocycles. The highest BCUT2D eigenvalue weighted by atomic mass is 79.9. The molecule has 1 aliphatic heterocycles. The molecule has 0 spiro atoms. The third-order valence-corrected chi connectivity index (χ3v) is 6.48. The Bertz CT molecular complexity index is 701. The molecular weight excluding hydrogens is 396 g/mol. The lowest BCUT2D eigenvalue weighted by Gasteiger charge is -2.34. The summed E-state index contributed by atoms with van der Waals surface area (Å²) in [6.07, 6.45) is 0. The van der Waals surface area contributed by atoms with Crippen LogP contribution in [-0.2, 0) is 15.0 Å². The molecule has 7 nitrogen and oxygen atoms in total. The number of nitrogens with zero attached hydrogens (tertiary/aromatic N) is 3. The standard InChI is InChI=1S/C15H23BrN4O3S/c1-12-4-5-14(13(16)10-12)17-15(21)11-19-6-8-20(9-7-19)24(22,23)18(2)3/h4-5,10H,6-9,11H2,1-3H3,(H,17,21). The zero-order valence-electron chi connectivity index (χ0n) is 14.1. The van der Waals surface area contributed by atoms with Crippen LogP contribution < -0.4 is 5.32 Å². The summed E-state index contributed by atoms with van der Waals surface area (Å²) < 4.78 is 27.6. The van der Waals surface area contributed by atoms with Gasteiger partial charge in [-0.25, -0.2) is 0 Å². The summed E-state index contributed by atoms with van der Waals surface area (Å²) in [6, 6.07) is 5.74. The third kappa shape index (κ3) is 4.76. The number of hydrogen-bond acceptors (Lipinski definition) is 4. The van der Waals surface area contributed by atoms with Crippen molar-refractivity contribution in [1.29, 1.82) is 0 Å². The predicted molar refractivity (Wildman–Crippen MR) is 98.1 cm³/mol. The van der Waals surface area contributed by atoms with Gasteiger partial charge < -0.3 is 5.32 Å². The predicted octanol–water partition coefficient (Wildman–Crippen LogP) is 1.12. The summed E-state index contributed by atoms with van der Waals surface area (Å²) in [7, 11) is -0.332. The number of hydrogen-bond donors (Lipinski definition) is 1. The van der Waals surface area contributed by atoms with Crippen molar-refractivity contribution in [3.8, 4) is 0 Å². The van der Waals surface area contributed by atoms with Crippen LogP contribution in [0, 0.1) is 6.92 Å². The van der Waals surface area contributed by atoms with Gasteiger partial charge in [-0.3, -0.25) is 9.69 Å². The minimum Gasteiger partial charge on any atom is -0.324 e. The van der Waals surface area contributed by atoms with E-state index in [2.05, 4.69) is 21.2 Å². The summed E-state index contributed by atoms with van der Waals surface area (Å²) in [4.78, 5) is 14.1. The number of anilines is 1. The summed E-state index contributed by atoms with van der Waals surface area (Å²) in [5, 5.41) is 2.88. The topological polar surface area (TPSA) is 73.0 Å². The second-order valence-corrected chi connectivity index (χ2v) is 8.99. The van der Waals surface area contributed by atoms with E-state index in [1.807, 2.05) is 30.0 Å². The Balaban J connectivity index is 1.86. The molecule has 134 valence electrons. The molecule has 0 bridgehead atoms. The fraction of sp³-hybridized carbons (Fsp3) is 0.533. The summed E-state index contributed by atoms with van der Waals surface area (Å²) >= 11 is 3.44. The van der Waals surface area contributed by atoms with Gasteiger partial charge in [-0.2, -0.15) is 17.0 Å². The van der Waals surface area contributed by atoms with E-state index in [0.717, 1.165) is 15.7 Å². The molecule has 24 heavy (non-hydrogen) atoms. The van der Waals surface area contributed by atoms with Gasteiger partial charge in [-0.15, -0.1) is 0 Å². The average molecular weight is 419 g/mol. The first kappa shape index (κ1) is 19.3. The van der Waals surface area contributed by atoms with Crippen LogP contribution in [0.15, 0.2) is 22.7 Å². The van der Waals surface area contributed by atoms with Crippen LogP contribution in [0.1, 0.15) is 5.56 Å². The zero-order chi connectivity index (χ0) is 17.9. The number of nitrogens with one attached hydrogen (secondary N) is 1. The Morgan fingerprint density at radius 3 is 2.42 bits per heavy atom. The van der Waals surface area contributed by atoms with E-state index in [1.54, 1.807) is 0 Å². The van der Waals surface area contributed by atoms with Gasteiger partial charge in [0.2, 0.25) is 5.91 Å². The highest BCUT2D eigenvalue weighted by Gasteiger charge is 2.29.